The predicted molar refractivity (Wildman–Crippen MR) is 147 cm³/mol. The molecule has 1 fully saturated rings. The normalized spacial score (nSPS) is 20.5. The molecular weight excluding hydrogens is 536 g/mol. The number of pyridine rings is 1. The summed E-state index contributed by atoms with van der Waals surface area (Å²) in [5.74, 6) is -1.24. The van der Waals surface area contributed by atoms with Crippen LogP contribution in [0.3, 0.4) is 0 Å². The molecule has 41 heavy (non-hydrogen) atoms. The highest BCUT2D eigenvalue weighted by Gasteiger charge is 2.36. The van der Waals surface area contributed by atoms with E-state index in [-0.39, 0.29) is 54.1 Å². The molecule has 0 spiro atoms. The van der Waals surface area contributed by atoms with Gasteiger partial charge >= 0.3 is 6.09 Å². The number of carbonyl (C=O) groups excluding carboxylic acids is 1. The summed E-state index contributed by atoms with van der Waals surface area (Å²) >= 11 is 0. The average Bonchev–Trinajstić information content (AvgIpc) is 3.35. The Morgan fingerprint density at radius 3 is 2.68 bits per heavy atom. The molecular formula is C28H31F2N7O4. The Labute approximate surface area is 234 Å². The number of aromatic nitrogens is 4. The first-order chi connectivity index (χ1) is 19.8. The molecule has 0 radical (unpaired) electrons. The van der Waals surface area contributed by atoms with Crippen LogP contribution in [0.5, 0.6) is 5.75 Å². The number of nitrogens with one attached hydrogen (secondary N) is 2. The van der Waals surface area contributed by atoms with E-state index in [9.17, 15) is 13.6 Å². The van der Waals surface area contributed by atoms with Gasteiger partial charge in [-0.05, 0) is 48.4 Å². The number of nitrogens with two attached hydrogens (primary N) is 1. The van der Waals surface area contributed by atoms with Gasteiger partial charge in [0.05, 0.1) is 48.6 Å². The first-order valence-electron chi connectivity index (χ1n) is 13.2. The van der Waals surface area contributed by atoms with Crippen molar-refractivity contribution >= 4 is 23.2 Å². The van der Waals surface area contributed by atoms with Crippen molar-refractivity contribution in [1.82, 2.24) is 24.9 Å². The molecule has 0 bridgehead atoms. The molecule has 1 aliphatic carbocycles. The van der Waals surface area contributed by atoms with Crippen molar-refractivity contribution in [2.75, 3.05) is 25.6 Å². The Morgan fingerprint density at radius 1 is 1.20 bits per heavy atom. The number of benzene rings is 1. The first-order valence-corrected chi connectivity index (χ1v) is 13.2. The molecule has 5 rings (SSSR count). The van der Waals surface area contributed by atoms with Gasteiger partial charge in [0.2, 0.25) is 5.95 Å². The summed E-state index contributed by atoms with van der Waals surface area (Å²) in [6.45, 7) is 1.68. The van der Waals surface area contributed by atoms with E-state index in [0.29, 0.717) is 23.6 Å². The number of anilines is 2. The van der Waals surface area contributed by atoms with Gasteiger partial charge in [-0.15, -0.1) is 0 Å². The number of carbonyl (C=O) groups is 1. The van der Waals surface area contributed by atoms with E-state index < -0.39 is 17.7 Å². The third-order valence-electron chi connectivity index (χ3n) is 7.31. The van der Waals surface area contributed by atoms with E-state index in [2.05, 4.69) is 25.7 Å². The highest BCUT2D eigenvalue weighted by molar-refractivity contribution is 5.68. The molecule has 0 saturated heterocycles. The number of ether oxygens (including phenoxy) is 2. The third kappa shape index (κ3) is 5.91. The number of aliphatic hydroxyl groups excluding tert-OH is 1. The predicted octanol–water partition coefficient (Wildman–Crippen LogP) is 3.75. The summed E-state index contributed by atoms with van der Waals surface area (Å²) in [6.07, 6.45) is 5.86. The number of alkyl carbamates (subject to hydrolysis) is 1. The van der Waals surface area contributed by atoms with Gasteiger partial charge in [-0.3, -0.25) is 4.98 Å². The number of halogens is 2. The van der Waals surface area contributed by atoms with Crippen molar-refractivity contribution in [1.29, 1.82) is 0 Å². The molecule has 0 unspecified atom stereocenters. The molecule has 5 N–H and O–H groups in total. The Hall–Kier alpha value is -4.36. The van der Waals surface area contributed by atoms with E-state index in [0.717, 1.165) is 24.1 Å². The van der Waals surface area contributed by atoms with Crippen LogP contribution in [0.4, 0.5) is 25.2 Å². The number of rotatable bonds is 8. The van der Waals surface area contributed by atoms with Gasteiger partial charge in [-0.2, -0.15) is 9.61 Å². The van der Waals surface area contributed by atoms with Crippen LogP contribution in [0.2, 0.25) is 0 Å². The fraction of sp³-hybridized carbons (Fsp3) is 0.357. The second kappa shape index (κ2) is 12.0. The van der Waals surface area contributed by atoms with Crippen molar-refractivity contribution in [3.05, 3.63) is 66.1 Å². The van der Waals surface area contributed by atoms with Gasteiger partial charge in [0.15, 0.2) is 0 Å². The van der Waals surface area contributed by atoms with Crippen LogP contribution < -0.4 is 21.1 Å². The van der Waals surface area contributed by atoms with Crippen molar-refractivity contribution in [2.45, 2.75) is 37.8 Å². The lowest BCUT2D eigenvalue weighted by Crippen LogP contribution is -2.54. The summed E-state index contributed by atoms with van der Waals surface area (Å²) < 4.78 is 41.2. The molecule has 4 aromatic rings. The van der Waals surface area contributed by atoms with Gasteiger partial charge in [0.25, 0.3) is 0 Å². The summed E-state index contributed by atoms with van der Waals surface area (Å²) in [6, 6.07) is 6.69. The molecule has 1 aromatic carbocycles. The van der Waals surface area contributed by atoms with Crippen molar-refractivity contribution in [3.8, 4) is 17.0 Å². The Bertz CT molecular complexity index is 1510. The lowest BCUT2D eigenvalue weighted by Gasteiger charge is -2.39. The maximum absolute atomic E-state index is 14.9. The van der Waals surface area contributed by atoms with Gasteiger partial charge in [0, 0.05) is 30.4 Å². The zero-order chi connectivity index (χ0) is 29.1. The van der Waals surface area contributed by atoms with Crippen LogP contribution in [0.25, 0.3) is 16.8 Å². The third-order valence-corrected chi connectivity index (χ3v) is 7.31. The van der Waals surface area contributed by atoms with Crippen LogP contribution in [-0.4, -0.2) is 63.2 Å². The molecule has 4 atom stereocenters. The van der Waals surface area contributed by atoms with E-state index >= 15 is 0 Å². The minimum absolute atomic E-state index is 0.0304. The minimum Gasteiger partial charge on any atom is -0.491 e. The minimum atomic E-state index is -0.850. The Kier molecular flexibility index (Phi) is 8.26. The second-order valence-electron chi connectivity index (χ2n) is 10.0. The number of amides is 1. The number of aliphatic hydroxyl groups is 1. The van der Waals surface area contributed by atoms with Crippen molar-refractivity contribution < 1.29 is 28.2 Å². The number of imidazole rings is 1. The van der Waals surface area contributed by atoms with Crippen LogP contribution in [0.1, 0.15) is 31.2 Å². The van der Waals surface area contributed by atoms with Crippen molar-refractivity contribution in [2.24, 2.45) is 11.7 Å². The lowest BCUT2D eigenvalue weighted by molar-refractivity contribution is 0.149. The topological polar surface area (TPSA) is 149 Å². The van der Waals surface area contributed by atoms with Crippen LogP contribution in [0.15, 0.2) is 48.9 Å². The van der Waals surface area contributed by atoms with Crippen LogP contribution >= 0.6 is 0 Å². The van der Waals surface area contributed by atoms with E-state index in [4.69, 9.17) is 20.3 Å². The quantitative estimate of drug-likeness (QED) is 0.250. The molecule has 1 saturated carbocycles. The molecule has 3 heterocycles. The Balaban J connectivity index is 1.42. The molecule has 0 aliphatic heterocycles. The summed E-state index contributed by atoms with van der Waals surface area (Å²) in [5.41, 5.74) is 8.50. The van der Waals surface area contributed by atoms with Crippen molar-refractivity contribution in [3.63, 3.8) is 0 Å². The smallest absolute Gasteiger partial charge is 0.407 e. The maximum Gasteiger partial charge on any atom is 0.407 e. The molecule has 3 aromatic heterocycles. The molecule has 11 nitrogen and oxygen atoms in total. The van der Waals surface area contributed by atoms with Crippen LogP contribution in [0, 0.1) is 17.6 Å². The number of hydrogen-bond acceptors (Lipinski definition) is 9. The van der Waals surface area contributed by atoms with Gasteiger partial charge in [-0.25, -0.2) is 18.6 Å². The first kappa shape index (κ1) is 28.2. The molecule has 1 aliphatic rings. The summed E-state index contributed by atoms with van der Waals surface area (Å²) in [7, 11) is 1.32. The lowest BCUT2D eigenvalue weighted by atomic mass is 9.73. The van der Waals surface area contributed by atoms with E-state index in [1.54, 1.807) is 24.7 Å². The largest absolute Gasteiger partial charge is 0.491 e. The average molecular weight is 568 g/mol. The standard InChI is InChI=1S/C28H31F2N7O4/c1-15-9-16(10-22(31)26(15)35-28(39)40-2)19-5-6-32-14-24(19)34-27-33-13-17-3-4-23(36-37(17)27)25-20(29)11-18(12-21(25)30)41-8-7-38/h3-6,11-16,22,26,38H,7-10,31H2,1-2H3,(H,33,34)(H,35,39)/t15-,16+,22+,26-/m0/s1. The highest BCUT2D eigenvalue weighted by atomic mass is 19.1. The summed E-state index contributed by atoms with van der Waals surface area (Å²) in [5, 5.41) is 19.5. The highest BCUT2D eigenvalue weighted by Crippen LogP contribution is 2.39. The maximum atomic E-state index is 14.9. The zero-order valence-electron chi connectivity index (χ0n) is 22.6. The fourth-order valence-corrected chi connectivity index (χ4v) is 5.42. The molecule has 216 valence electrons. The number of hydrogen-bond donors (Lipinski definition) is 4. The zero-order valence-corrected chi connectivity index (χ0v) is 22.6. The number of nitrogens with zero attached hydrogens (tertiary/aromatic N) is 4. The number of fused-ring (bicyclic) bond motifs is 1. The van der Waals surface area contributed by atoms with E-state index in [1.165, 1.54) is 17.7 Å². The number of methoxy groups -OCH3 is 1. The fourth-order valence-electron chi connectivity index (χ4n) is 5.42. The monoisotopic (exact) mass is 567 g/mol. The summed E-state index contributed by atoms with van der Waals surface area (Å²) in [4.78, 5) is 20.5. The Morgan fingerprint density at radius 2 is 1.98 bits per heavy atom. The van der Waals surface area contributed by atoms with Gasteiger partial charge in [0.1, 0.15) is 24.0 Å². The molecule has 1 amide bonds. The van der Waals surface area contributed by atoms with Gasteiger partial charge in [-0.1, -0.05) is 6.92 Å². The second-order valence-corrected chi connectivity index (χ2v) is 10.0. The SMILES string of the molecule is COC(=O)N[C@@H]1[C@H](N)C[C@H](c2ccncc2Nc2ncc3ccc(-c4c(F)cc(OCCO)cc4F)nn23)C[C@@H]1C. The van der Waals surface area contributed by atoms with Crippen LogP contribution in [-0.2, 0) is 4.74 Å². The van der Waals surface area contributed by atoms with E-state index in [1.807, 2.05) is 13.0 Å². The van der Waals surface area contributed by atoms with Gasteiger partial charge < -0.3 is 30.9 Å². The molecule has 13 heteroatoms.